The van der Waals surface area contributed by atoms with Crippen molar-refractivity contribution in [1.29, 1.82) is 0 Å². The van der Waals surface area contributed by atoms with Crippen molar-refractivity contribution in [3.8, 4) is 0 Å². The molecule has 4 nitrogen and oxygen atoms in total. The molecular weight excluding hydrogens is 339 g/mol. The summed E-state index contributed by atoms with van der Waals surface area (Å²) in [4.78, 5) is 0. The average molecular weight is 365 g/mol. The van der Waals surface area contributed by atoms with E-state index in [0.717, 1.165) is 12.8 Å². The van der Waals surface area contributed by atoms with E-state index < -0.39 is 10.0 Å². The molecule has 1 saturated heterocycles. The maximum atomic E-state index is 13.5. The maximum Gasteiger partial charge on any atom is 0.215 e. The molecule has 0 spiro atoms. The SMILES string of the molecule is CCC(CC)CS(=O)(=O)N1CCNCC1c1cccc(F)c1.Cl. The molecule has 1 atom stereocenters. The van der Waals surface area contributed by atoms with Crippen LogP contribution in [-0.4, -0.2) is 38.1 Å². The van der Waals surface area contributed by atoms with Gasteiger partial charge in [-0.3, -0.25) is 0 Å². The van der Waals surface area contributed by atoms with E-state index in [9.17, 15) is 12.8 Å². The molecule has 23 heavy (non-hydrogen) atoms. The molecule has 132 valence electrons. The fourth-order valence-electron chi connectivity index (χ4n) is 2.93. The van der Waals surface area contributed by atoms with E-state index in [1.165, 1.54) is 12.1 Å². The minimum atomic E-state index is -3.35. The quantitative estimate of drug-likeness (QED) is 0.844. The Bertz CT molecular complexity index is 593. The van der Waals surface area contributed by atoms with Crippen molar-refractivity contribution in [1.82, 2.24) is 9.62 Å². The number of hydrogen-bond acceptors (Lipinski definition) is 3. The topological polar surface area (TPSA) is 49.4 Å². The predicted octanol–water partition coefficient (Wildman–Crippen LogP) is 2.96. The first-order valence-corrected chi connectivity index (χ1v) is 9.54. The van der Waals surface area contributed by atoms with E-state index in [1.807, 2.05) is 13.8 Å². The number of rotatable bonds is 6. The van der Waals surface area contributed by atoms with Gasteiger partial charge in [0, 0.05) is 19.6 Å². The van der Waals surface area contributed by atoms with Gasteiger partial charge >= 0.3 is 0 Å². The molecular formula is C16H26ClFN2O2S. The molecule has 0 aromatic heterocycles. The van der Waals surface area contributed by atoms with Crippen LogP contribution in [0, 0.1) is 11.7 Å². The summed E-state index contributed by atoms with van der Waals surface area (Å²) in [7, 11) is -3.35. The minimum absolute atomic E-state index is 0. The second kappa shape index (κ2) is 8.97. The first-order valence-electron chi connectivity index (χ1n) is 7.93. The molecule has 1 aliphatic rings. The molecule has 1 fully saturated rings. The number of benzene rings is 1. The van der Waals surface area contributed by atoms with E-state index in [2.05, 4.69) is 5.32 Å². The van der Waals surface area contributed by atoms with Gasteiger partial charge in [-0.15, -0.1) is 12.4 Å². The van der Waals surface area contributed by atoms with Crippen LogP contribution >= 0.6 is 12.4 Å². The molecule has 1 aliphatic heterocycles. The molecule has 0 amide bonds. The lowest BCUT2D eigenvalue weighted by Crippen LogP contribution is -2.49. The third-order valence-electron chi connectivity index (χ3n) is 4.39. The molecule has 0 aliphatic carbocycles. The van der Waals surface area contributed by atoms with Gasteiger partial charge in [0.2, 0.25) is 10.0 Å². The highest BCUT2D eigenvalue weighted by Gasteiger charge is 2.34. The predicted molar refractivity (Wildman–Crippen MR) is 93.8 cm³/mol. The summed E-state index contributed by atoms with van der Waals surface area (Å²) in [5.74, 6) is 0.0136. The van der Waals surface area contributed by atoms with Crippen molar-refractivity contribution >= 4 is 22.4 Å². The molecule has 0 bridgehead atoms. The zero-order valence-corrected chi connectivity index (χ0v) is 15.3. The van der Waals surface area contributed by atoms with Gasteiger partial charge < -0.3 is 5.32 Å². The largest absolute Gasteiger partial charge is 0.313 e. The Morgan fingerprint density at radius 3 is 2.65 bits per heavy atom. The molecule has 1 heterocycles. The highest BCUT2D eigenvalue weighted by atomic mass is 35.5. The summed E-state index contributed by atoms with van der Waals surface area (Å²) in [6.45, 7) is 5.63. The summed E-state index contributed by atoms with van der Waals surface area (Å²) in [6.07, 6.45) is 1.71. The Morgan fingerprint density at radius 1 is 1.35 bits per heavy atom. The Labute approximate surface area is 144 Å². The molecule has 2 rings (SSSR count). The van der Waals surface area contributed by atoms with Gasteiger partial charge in [-0.1, -0.05) is 38.8 Å². The fraction of sp³-hybridized carbons (Fsp3) is 0.625. The van der Waals surface area contributed by atoms with Crippen molar-refractivity contribution in [3.63, 3.8) is 0 Å². The first-order chi connectivity index (χ1) is 10.5. The normalized spacial score (nSPS) is 19.6. The Morgan fingerprint density at radius 2 is 2.04 bits per heavy atom. The van der Waals surface area contributed by atoms with Crippen LogP contribution < -0.4 is 5.32 Å². The summed E-state index contributed by atoms with van der Waals surface area (Å²) in [5, 5.41) is 3.21. The molecule has 7 heteroatoms. The number of nitrogens with one attached hydrogen (secondary N) is 1. The number of piperazine rings is 1. The average Bonchev–Trinajstić information content (AvgIpc) is 2.52. The summed E-state index contributed by atoms with van der Waals surface area (Å²) in [5.41, 5.74) is 0.709. The minimum Gasteiger partial charge on any atom is -0.313 e. The molecule has 1 N–H and O–H groups in total. The third-order valence-corrected chi connectivity index (χ3v) is 6.43. The van der Waals surface area contributed by atoms with Crippen LogP contribution in [0.3, 0.4) is 0 Å². The maximum absolute atomic E-state index is 13.5. The smallest absolute Gasteiger partial charge is 0.215 e. The number of halogens is 2. The zero-order chi connectivity index (χ0) is 16.2. The zero-order valence-electron chi connectivity index (χ0n) is 13.7. The number of nitrogens with zero attached hydrogens (tertiary/aromatic N) is 1. The molecule has 1 aromatic carbocycles. The van der Waals surface area contributed by atoms with E-state index in [-0.39, 0.29) is 35.9 Å². The van der Waals surface area contributed by atoms with E-state index in [0.29, 0.717) is 25.2 Å². The summed E-state index contributed by atoms with van der Waals surface area (Å²) in [6, 6.07) is 5.90. The van der Waals surface area contributed by atoms with E-state index in [4.69, 9.17) is 0 Å². The van der Waals surface area contributed by atoms with Crippen molar-refractivity contribution < 1.29 is 12.8 Å². The highest BCUT2D eigenvalue weighted by molar-refractivity contribution is 7.89. The number of sulfonamides is 1. The fourth-order valence-corrected chi connectivity index (χ4v) is 5.15. The van der Waals surface area contributed by atoms with Crippen molar-refractivity contribution in [3.05, 3.63) is 35.6 Å². The lowest BCUT2D eigenvalue weighted by atomic mass is 10.1. The van der Waals surface area contributed by atoms with Gasteiger partial charge in [-0.2, -0.15) is 4.31 Å². The van der Waals surface area contributed by atoms with Crippen LogP contribution in [0.15, 0.2) is 24.3 Å². The van der Waals surface area contributed by atoms with Crippen LogP contribution in [0.5, 0.6) is 0 Å². The van der Waals surface area contributed by atoms with Crippen LogP contribution in [0.4, 0.5) is 4.39 Å². The van der Waals surface area contributed by atoms with Gasteiger partial charge in [-0.05, 0) is 23.6 Å². The number of hydrogen-bond donors (Lipinski definition) is 1. The van der Waals surface area contributed by atoms with Crippen molar-refractivity contribution in [2.45, 2.75) is 32.7 Å². The van der Waals surface area contributed by atoms with Crippen LogP contribution in [0.25, 0.3) is 0 Å². The van der Waals surface area contributed by atoms with Gasteiger partial charge in [0.15, 0.2) is 0 Å². The van der Waals surface area contributed by atoms with Gasteiger partial charge in [0.25, 0.3) is 0 Å². The van der Waals surface area contributed by atoms with Crippen LogP contribution in [0.1, 0.15) is 38.3 Å². The van der Waals surface area contributed by atoms with Gasteiger partial charge in [0.1, 0.15) is 5.82 Å². The Balaban J connectivity index is 0.00000264. The van der Waals surface area contributed by atoms with E-state index in [1.54, 1.807) is 16.4 Å². The Hall–Kier alpha value is -0.690. The summed E-state index contributed by atoms with van der Waals surface area (Å²) < 4.78 is 40.6. The molecule has 0 radical (unpaired) electrons. The highest BCUT2D eigenvalue weighted by Crippen LogP contribution is 2.27. The lowest BCUT2D eigenvalue weighted by Gasteiger charge is -2.36. The van der Waals surface area contributed by atoms with E-state index >= 15 is 0 Å². The molecule has 0 saturated carbocycles. The monoisotopic (exact) mass is 364 g/mol. The van der Waals surface area contributed by atoms with Crippen LogP contribution in [-0.2, 0) is 10.0 Å². The van der Waals surface area contributed by atoms with Gasteiger partial charge in [-0.25, -0.2) is 12.8 Å². The standard InChI is InChI=1S/C16H25FN2O2S.ClH/c1-3-13(4-2)12-22(20,21)19-9-8-18-11-16(19)14-6-5-7-15(17)10-14;/h5-7,10,13,16,18H,3-4,8-9,11-12H2,1-2H3;1H. The molecule has 1 unspecified atom stereocenters. The van der Waals surface area contributed by atoms with Crippen molar-refractivity contribution in [2.75, 3.05) is 25.4 Å². The van der Waals surface area contributed by atoms with Crippen molar-refractivity contribution in [2.24, 2.45) is 5.92 Å². The second-order valence-electron chi connectivity index (χ2n) is 5.85. The van der Waals surface area contributed by atoms with Crippen LogP contribution in [0.2, 0.25) is 0 Å². The first kappa shape index (κ1) is 20.4. The second-order valence-corrected chi connectivity index (χ2v) is 7.81. The third kappa shape index (κ3) is 5.14. The lowest BCUT2D eigenvalue weighted by molar-refractivity contribution is 0.269. The van der Waals surface area contributed by atoms with Gasteiger partial charge in [0.05, 0.1) is 11.8 Å². The Kier molecular flexibility index (Phi) is 7.94. The summed E-state index contributed by atoms with van der Waals surface area (Å²) >= 11 is 0. The molecule has 1 aromatic rings.